The van der Waals surface area contributed by atoms with E-state index >= 15 is 0 Å². The standard InChI is InChI=1S/C24H34O4Si/c1-23(2,3)29(20-13-8-6-9-14-20,21-15-10-7-11-16-21)28-18-12-17-24(4,26)19-22(25)27-5/h6-11,13-16,26H,12,17-19H2,1-5H3. The summed E-state index contributed by atoms with van der Waals surface area (Å²) in [7, 11) is -1.22. The van der Waals surface area contributed by atoms with E-state index < -0.39 is 19.9 Å². The van der Waals surface area contributed by atoms with Crippen LogP contribution in [-0.2, 0) is 14.0 Å². The molecular weight excluding hydrogens is 380 g/mol. The minimum Gasteiger partial charge on any atom is -0.469 e. The highest BCUT2D eigenvalue weighted by Gasteiger charge is 2.50. The summed E-state index contributed by atoms with van der Waals surface area (Å²) in [5.41, 5.74) is -1.10. The van der Waals surface area contributed by atoms with E-state index in [2.05, 4.69) is 74.0 Å². The molecule has 0 saturated carbocycles. The van der Waals surface area contributed by atoms with E-state index in [0.29, 0.717) is 19.4 Å². The fraction of sp³-hybridized carbons (Fsp3) is 0.458. The van der Waals surface area contributed by atoms with Crippen LogP contribution in [0.2, 0.25) is 5.04 Å². The number of ether oxygens (including phenoxy) is 1. The molecular formula is C24H34O4Si. The monoisotopic (exact) mass is 414 g/mol. The van der Waals surface area contributed by atoms with Gasteiger partial charge in [0.1, 0.15) is 0 Å². The number of methoxy groups -OCH3 is 1. The highest BCUT2D eigenvalue weighted by atomic mass is 28.4. The summed E-state index contributed by atoms with van der Waals surface area (Å²) < 4.78 is 11.5. The molecule has 4 nitrogen and oxygen atoms in total. The minimum absolute atomic E-state index is 0.0112. The van der Waals surface area contributed by atoms with E-state index in [0.717, 1.165) is 0 Å². The van der Waals surface area contributed by atoms with Gasteiger partial charge in [-0.3, -0.25) is 4.79 Å². The first-order valence-corrected chi connectivity index (χ1v) is 12.1. The van der Waals surface area contributed by atoms with E-state index in [-0.39, 0.29) is 11.5 Å². The van der Waals surface area contributed by atoms with Crippen molar-refractivity contribution in [3.8, 4) is 0 Å². The van der Waals surface area contributed by atoms with Crippen LogP contribution in [-0.4, -0.2) is 38.7 Å². The molecule has 0 bridgehead atoms. The molecule has 2 rings (SSSR count). The lowest BCUT2D eigenvalue weighted by Crippen LogP contribution is -2.66. The Kier molecular flexibility index (Phi) is 7.80. The molecule has 0 saturated heterocycles. The molecule has 0 radical (unpaired) electrons. The van der Waals surface area contributed by atoms with Crippen molar-refractivity contribution >= 4 is 24.7 Å². The number of benzene rings is 2. The number of aliphatic hydroxyl groups is 1. The summed E-state index contributed by atoms with van der Waals surface area (Å²) in [6, 6.07) is 21.0. The molecule has 2 aromatic carbocycles. The quantitative estimate of drug-likeness (QED) is 0.387. The molecule has 0 aliphatic carbocycles. The molecule has 1 unspecified atom stereocenters. The predicted molar refractivity (Wildman–Crippen MR) is 120 cm³/mol. The number of esters is 1. The summed E-state index contributed by atoms with van der Waals surface area (Å²) in [5.74, 6) is -0.400. The maximum atomic E-state index is 11.5. The zero-order chi connectivity index (χ0) is 21.5. The van der Waals surface area contributed by atoms with E-state index in [1.165, 1.54) is 17.5 Å². The SMILES string of the molecule is COC(=O)CC(C)(O)CCCO[Si](c1ccccc1)(c1ccccc1)C(C)(C)C. The Labute approximate surface area is 176 Å². The second-order valence-corrected chi connectivity index (χ2v) is 13.2. The van der Waals surface area contributed by atoms with Crippen LogP contribution in [0.3, 0.4) is 0 Å². The molecule has 0 fully saturated rings. The van der Waals surface area contributed by atoms with Gasteiger partial charge >= 0.3 is 5.97 Å². The average Bonchev–Trinajstić information content (AvgIpc) is 2.68. The third-order valence-corrected chi connectivity index (χ3v) is 10.4. The lowest BCUT2D eigenvalue weighted by atomic mass is 9.96. The number of hydrogen-bond acceptors (Lipinski definition) is 4. The van der Waals surface area contributed by atoms with Gasteiger partial charge in [-0.15, -0.1) is 0 Å². The topological polar surface area (TPSA) is 55.8 Å². The van der Waals surface area contributed by atoms with Crippen LogP contribution < -0.4 is 10.4 Å². The van der Waals surface area contributed by atoms with Crippen molar-refractivity contribution < 1.29 is 19.1 Å². The lowest BCUT2D eigenvalue weighted by molar-refractivity contribution is -0.145. The van der Waals surface area contributed by atoms with Crippen LogP contribution in [0, 0.1) is 0 Å². The largest absolute Gasteiger partial charge is 0.469 e. The second kappa shape index (κ2) is 9.70. The smallest absolute Gasteiger partial charge is 0.308 e. The third kappa shape index (κ3) is 5.78. The molecule has 0 amide bonds. The van der Waals surface area contributed by atoms with Gasteiger partial charge in [-0.2, -0.15) is 0 Å². The first-order valence-electron chi connectivity index (χ1n) is 10.2. The van der Waals surface area contributed by atoms with Gasteiger partial charge in [-0.1, -0.05) is 81.4 Å². The van der Waals surface area contributed by atoms with Crippen molar-refractivity contribution in [1.82, 2.24) is 0 Å². The maximum Gasteiger partial charge on any atom is 0.308 e. The molecule has 0 heterocycles. The molecule has 1 atom stereocenters. The first-order chi connectivity index (χ1) is 13.6. The second-order valence-electron chi connectivity index (χ2n) is 8.87. The van der Waals surface area contributed by atoms with Crippen LogP contribution in [0.25, 0.3) is 0 Å². The molecule has 29 heavy (non-hydrogen) atoms. The lowest BCUT2D eigenvalue weighted by Gasteiger charge is -2.43. The molecule has 0 aromatic heterocycles. The molecule has 5 heteroatoms. The molecule has 158 valence electrons. The average molecular weight is 415 g/mol. The van der Waals surface area contributed by atoms with Crippen LogP contribution >= 0.6 is 0 Å². The Balaban J connectivity index is 2.27. The van der Waals surface area contributed by atoms with Gasteiger partial charge in [-0.05, 0) is 35.2 Å². The van der Waals surface area contributed by atoms with Gasteiger partial charge in [0.15, 0.2) is 0 Å². The maximum absolute atomic E-state index is 11.5. The Morgan fingerprint density at radius 2 is 1.41 bits per heavy atom. The zero-order valence-corrected chi connectivity index (χ0v) is 19.3. The molecule has 0 aliphatic heterocycles. The van der Waals surface area contributed by atoms with Gasteiger partial charge in [-0.25, -0.2) is 0 Å². The summed E-state index contributed by atoms with van der Waals surface area (Å²) in [4.78, 5) is 11.5. The molecule has 1 N–H and O–H groups in total. The molecule has 0 aliphatic rings. The Morgan fingerprint density at radius 1 is 0.931 bits per heavy atom. The van der Waals surface area contributed by atoms with Gasteiger partial charge in [0.2, 0.25) is 0 Å². The van der Waals surface area contributed by atoms with Gasteiger partial charge in [0.05, 0.1) is 19.1 Å². The van der Waals surface area contributed by atoms with Crippen molar-refractivity contribution in [2.75, 3.05) is 13.7 Å². The summed E-state index contributed by atoms with van der Waals surface area (Å²) in [6.07, 6.45) is 1.12. The van der Waals surface area contributed by atoms with E-state index in [1.54, 1.807) is 6.92 Å². The van der Waals surface area contributed by atoms with Gasteiger partial charge in [0, 0.05) is 6.61 Å². The van der Waals surface area contributed by atoms with Crippen LogP contribution in [0.1, 0.15) is 47.0 Å². The van der Waals surface area contributed by atoms with Crippen molar-refractivity contribution in [3.63, 3.8) is 0 Å². The molecule has 0 spiro atoms. The van der Waals surface area contributed by atoms with Gasteiger partial charge in [0.25, 0.3) is 8.32 Å². The Hall–Kier alpha value is -1.95. The van der Waals surface area contributed by atoms with Crippen LogP contribution in [0.15, 0.2) is 60.7 Å². The number of carbonyl (C=O) groups is 1. The van der Waals surface area contributed by atoms with Crippen molar-refractivity contribution in [3.05, 3.63) is 60.7 Å². The summed E-state index contributed by atoms with van der Waals surface area (Å²) >= 11 is 0. The first kappa shape index (κ1) is 23.3. The number of hydrogen-bond donors (Lipinski definition) is 1. The van der Waals surface area contributed by atoms with E-state index in [9.17, 15) is 9.90 Å². The molecule has 2 aromatic rings. The number of carbonyl (C=O) groups excluding carboxylic acids is 1. The van der Waals surface area contributed by atoms with Crippen LogP contribution in [0.5, 0.6) is 0 Å². The fourth-order valence-electron chi connectivity index (χ4n) is 3.91. The highest BCUT2D eigenvalue weighted by molar-refractivity contribution is 6.99. The number of rotatable bonds is 9. The van der Waals surface area contributed by atoms with Crippen molar-refractivity contribution in [1.29, 1.82) is 0 Å². The minimum atomic E-state index is -2.56. The Bertz CT molecular complexity index is 727. The van der Waals surface area contributed by atoms with Crippen LogP contribution in [0.4, 0.5) is 0 Å². The van der Waals surface area contributed by atoms with Crippen molar-refractivity contribution in [2.45, 2.75) is 57.6 Å². The van der Waals surface area contributed by atoms with E-state index in [4.69, 9.17) is 4.43 Å². The fourth-order valence-corrected chi connectivity index (χ4v) is 8.52. The van der Waals surface area contributed by atoms with Crippen molar-refractivity contribution in [2.24, 2.45) is 0 Å². The highest BCUT2D eigenvalue weighted by Crippen LogP contribution is 2.37. The summed E-state index contributed by atoms with van der Waals surface area (Å²) in [6.45, 7) is 8.92. The third-order valence-electron chi connectivity index (χ3n) is 5.35. The predicted octanol–water partition coefficient (Wildman–Crippen LogP) is 3.66. The zero-order valence-electron chi connectivity index (χ0n) is 18.3. The Morgan fingerprint density at radius 3 is 1.83 bits per heavy atom. The normalized spacial score (nSPS) is 14.3. The van der Waals surface area contributed by atoms with Gasteiger partial charge < -0.3 is 14.3 Å². The summed E-state index contributed by atoms with van der Waals surface area (Å²) in [5, 5.41) is 12.9. The van der Waals surface area contributed by atoms with E-state index in [1.807, 2.05) is 12.1 Å².